The van der Waals surface area contributed by atoms with Crippen LogP contribution in [0.4, 0.5) is 5.82 Å². The molecule has 1 saturated carbocycles. The van der Waals surface area contributed by atoms with E-state index in [-0.39, 0.29) is 0 Å². The summed E-state index contributed by atoms with van der Waals surface area (Å²) in [7, 11) is 0. The second-order valence-corrected chi connectivity index (χ2v) is 4.75. The van der Waals surface area contributed by atoms with Crippen LogP contribution in [-0.4, -0.2) is 11.0 Å². The maximum atomic E-state index is 5.94. The fourth-order valence-corrected chi connectivity index (χ4v) is 2.43. The molecule has 0 aromatic carbocycles. The van der Waals surface area contributed by atoms with Crippen LogP contribution < -0.4 is 11.1 Å². The predicted molar refractivity (Wildman–Crippen MR) is 67.6 cm³/mol. The molecule has 3 nitrogen and oxygen atoms in total. The Morgan fingerprint density at radius 3 is 2.75 bits per heavy atom. The quantitative estimate of drug-likeness (QED) is 0.798. The Labute approximate surface area is 101 Å². The van der Waals surface area contributed by atoms with E-state index in [9.17, 15) is 0 Å². The first kappa shape index (κ1) is 11.7. The fourth-order valence-electron chi connectivity index (χ4n) is 2.20. The van der Waals surface area contributed by atoms with E-state index in [1.807, 2.05) is 12.1 Å². The lowest BCUT2D eigenvalue weighted by Gasteiger charge is -2.23. The van der Waals surface area contributed by atoms with Crippen molar-refractivity contribution in [2.45, 2.75) is 44.7 Å². The van der Waals surface area contributed by atoms with E-state index in [1.165, 1.54) is 32.1 Å². The van der Waals surface area contributed by atoms with Gasteiger partial charge < -0.3 is 11.1 Å². The van der Waals surface area contributed by atoms with Gasteiger partial charge in [-0.25, -0.2) is 4.98 Å². The van der Waals surface area contributed by atoms with Gasteiger partial charge in [0.1, 0.15) is 11.0 Å². The van der Waals surface area contributed by atoms with Crippen LogP contribution in [0.15, 0.2) is 12.1 Å². The summed E-state index contributed by atoms with van der Waals surface area (Å²) >= 11 is 5.94. The molecule has 0 radical (unpaired) electrons. The highest BCUT2D eigenvalue weighted by atomic mass is 35.5. The van der Waals surface area contributed by atoms with E-state index in [4.69, 9.17) is 17.3 Å². The van der Waals surface area contributed by atoms with Gasteiger partial charge in [0, 0.05) is 12.6 Å². The monoisotopic (exact) mass is 239 g/mol. The lowest BCUT2D eigenvalue weighted by atomic mass is 9.95. The van der Waals surface area contributed by atoms with Crippen LogP contribution >= 0.6 is 11.6 Å². The largest absolute Gasteiger partial charge is 0.367 e. The number of anilines is 1. The van der Waals surface area contributed by atoms with Gasteiger partial charge in [0.25, 0.3) is 0 Å². The number of hydrogen-bond donors (Lipinski definition) is 2. The number of halogens is 1. The van der Waals surface area contributed by atoms with E-state index in [2.05, 4.69) is 10.3 Å². The number of pyridine rings is 1. The van der Waals surface area contributed by atoms with Crippen molar-refractivity contribution in [3.05, 3.63) is 22.8 Å². The average molecular weight is 240 g/mol. The predicted octanol–water partition coefficient (Wildman–Crippen LogP) is 2.94. The standard InChI is InChI=1S/C12H18ClN3/c13-11-6-9(8-14)7-12(16-11)15-10-4-2-1-3-5-10/h6-7,10H,1-5,8,14H2,(H,15,16). The molecule has 1 fully saturated rings. The van der Waals surface area contributed by atoms with Crippen LogP contribution in [0.2, 0.25) is 5.15 Å². The van der Waals surface area contributed by atoms with Crippen molar-refractivity contribution < 1.29 is 0 Å². The van der Waals surface area contributed by atoms with Gasteiger partial charge in [0.2, 0.25) is 0 Å². The van der Waals surface area contributed by atoms with Crippen molar-refractivity contribution in [2.75, 3.05) is 5.32 Å². The summed E-state index contributed by atoms with van der Waals surface area (Å²) in [5.41, 5.74) is 6.63. The van der Waals surface area contributed by atoms with E-state index in [0.29, 0.717) is 17.7 Å². The third kappa shape index (κ3) is 3.09. The Morgan fingerprint density at radius 2 is 2.06 bits per heavy atom. The number of nitrogens with zero attached hydrogens (tertiary/aromatic N) is 1. The number of hydrogen-bond acceptors (Lipinski definition) is 3. The summed E-state index contributed by atoms with van der Waals surface area (Å²) < 4.78 is 0. The highest BCUT2D eigenvalue weighted by Crippen LogP contribution is 2.22. The number of nitrogens with two attached hydrogens (primary N) is 1. The average Bonchev–Trinajstić information content (AvgIpc) is 2.29. The summed E-state index contributed by atoms with van der Waals surface area (Å²) in [5.74, 6) is 0.861. The van der Waals surface area contributed by atoms with Gasteiger partial charge >= 0.3 is 0 Å². The van der Waals surface area contributed by atoms with E-state index < -0.39 is 0 Å². The van der Waals surface area contributed by atoms with Gasteiger partial charge in [-0.15, -0.1) is 0 Å². The fraction of sp³-hybridized carbons (Fsp3) is 0.583. The zero-order valence-electron chi connectivity index (χ0n) is 9.38. The Kier molecular flexibility index (Phi) is 4.02. The van der Waals surface area contributed by atoms with Crippen molar-refractivity contribution >= 4 is 17.4 Å². The van der Waals surface area contributed by atoms with Gasteiger partial charge in [-0.3, -0.25) is 0 Å². The SMILES string of the molecule is NCc1cc(Cl)nc(NC2CCCCC2)c1. The van der Waals surface area contributed by atoms with Gasteiger partial charge in [-0.1, -0.05) is 30.9 Å². The molecular weight excluding hydrogens is 222 g/mol. The lowest BCUT2D eigenvalue weighted by Crippen LogP contribution is -2.23. The molecule has 3 N–H and O–H groups in total. The molecule has 1 aliphatic carbocycles. The minimum Gasteiger partial charge on any atom is -0.367 e. The molecule has 4 heteroatoms. The molecule has 0 unspecified atom stereocenters. The Bertz CT molecular complexity index is 348. The molecular formula is C12H18ClN3. The summed E-state index contributed by atoms with van der Waals surface area (Å²) in [6.45, 7) is 0.502. The van der Waals surface area contributed by atoms with Crippen LogP contribution in [-0.2, 0) is 6.54 Å². The smallest absolute Gasteiger partial charge is 0.131 e. The minimum absolute atomic E-state index is 0.502. The number of nitrogens with one attached hydrogen (secondary N) is 1. The molecule has 0 saturated heterocycles. The summed E-state index contributed by atoms with van der Waals surface area (Å²) in [6.07, 6.45) is 6.43. The van der Waals surface area contributed by atoms with E-state index >= 15 is 0 Å². The molecule has 0 atom stereocenters. The minimum atomic E-state index is 0.502. The Balaban J connectivity index is 2.04. The highest BCUT2D eigenvalue weighted by Gasteiger charge is 2.13. The van der Waals surface area contributed by atoms with Crippen molar-refractivity contribution in [2.24, 2.45) is 5.73 Å². The zero-order valence-corrected chi connectivity index (χ0v) is 10.1. The molecule has 1 aromatic heterocycles. The molecule has 0 bridgehead atoms. The molecule has 1 aliphatic rings. The van der Waals surface area contributed by atoms with Crippen molar-refractivity contribution in [3.8, 4) is 0 Å². The first-order valence-corrected chi connectivity index (χ1v) is 6.29. The van der Waals surface area contributed by atoms with Gasteiger partial charge in [0.05, 0.1) is 0 Å². The molecule has 1 heterocycles. The van der Waals surface area contributed by atoms with Gasteiger partial charge in [0.15, 0.2) is 0 Å². The normalized spacial score (nSPS) is 17.4. The van der Waals surface area contributed by atoms with Gasteiger partial charge in [-0.05, 0) is 30.5 Å². The second kappa shape index (κ2) is 5.51. The molecule has 1 aromatic rings. The van der Waals surface area contributed by atoms with E-state index in [1.54, 1.807) is 0 Å². The Morgan fingerprint density at radius 1 is 1.31 bits per heavy atom. The molecule has 88 valence electrons. The van der Waals surface area contributed by atoms with Crippen LogP contribution in [0.5, 0.6) is 0 Å². The van der Waals surface area contributed by atoms with Crippen LogP contribution in [0.3, 0.4) is 0 Å². The molecule has 16 heavy (non-hydrogen) atoms. The molecule has 0 amide bonds. The highest BCUT2D eigenvalue weighted by molar-refractivity contribution is 6.29. The maximum Gasteiger partial charge on any atom is 0.131 e. The molecule has 0 spiro atoms. The summed E-state index contributed by atoms with van der Waals surface area (Å²) in [6, 6.07) is 4.35. The van der Waals surface area contributed by atoms with Gasteiger partial charge in [-0.2, -0.15) is 0 Å². The van der Waals surface area contributed by atoms with Crippen molar-refractivity contribution in [3.63, 3.8) is 0 Å². The molecule has 2 rings (SSSR count). The van der Waals surface area contributed by atoms with Crippen molar-refractivity contribution in [1.82, 2.24) is 4.98 Å². The topological polar surface area (TPSA) is 50.9 Å². The first-order valence-electron chi connectivity index (χ1n) is 5.91. The Hall–Kier alpha value is -0.800. The van der Waals surface area contributed by atoms with Crippen molar-refractivity contribution in [1.29, 1.82) is 0 Å². The van der Waals surface area contributed by atoms with Crippen LogP contribution in [0.25, 0.3) is 0 Å². The summed E-state index contributed by atoms with van der Waals surface area (Å²) in [4.78, 5) is 4.27. The van der Waals surface area contributed by atoms with Crippen LogP contribution in [0, 0.1) is 0 Å². The van der Waals surface area contributed by atoms with Crippen LogP contribution in [0.1, 0.15) is 37.7 Å². The zero-order chi connectivity index (χ0) is 11.4. The van der Waals surface area contributed by atoms with E-state index in [0.717, 1.165) is 11.4 Å². The number of rotatable bonds is 3. The third-order valence-electron chi connectivity index (χ3n) is 3.05. The number of aromatic nitrogens is 1. The summed E-state index contributed by atoms with van der Waals surface area (Å²) in [5, 5.41) is 3.96. The molecule has 0 aliphatic heterocycles. The second-order valence-electron chi connectivity index (χ2n) is 4.37. The first-order chi connectivity index (χ1) is 7.78. The third-order valence-corrected chi connectivity index (χ3v) is 3.24. The maximum absolute atomic E-state index is 5.94. The lowest BCUT2D eigenvalue weighted by molar-refractivity contribution is 0.462.